The van der Waals surface area contributed by atoms with Gasteiger partial charge < -0.3 is 23.8 Å². The molecule has 2 rings (SSSR count). The van der Waals surface area contributed by atoms with E-state index in [4.69, 9.17) is 18.9 Å². The quantitative estimate of drug-likeness (QED) is 0.574. The lowest BCUT2D eigenvalue weighted by atomic mass is 10.1. The second-order valence-corrected chi connectivity index (χ2v) is 6.97. The Kier molecular flexibility index (Phi) is 8.37. The minimum Gasteiger partial charge on any atom is -0.490 e. The minimum atomic E-state index is -0.475. The van der Waals surface area contributed by atoms with Crippen molar-refractivity contribution in [3.63, 3.8) is 0 Å². The SMILES string of the molecule is CCOc1cc(Br)c(CC(=O)OCC(=O)N2CCOC(C)C2)cc1OCC. The Morgan fingerprint density at radius 2 is 1.89 bits per heavy atom. The van der Waals surface area contributed by atoms with Crippen molar-refractivity contribution in [2.24, 2.45) is 0 Å². The second-order valence-electron chi connectivity index (χ2n) is 6.12. The van der Waals surface area contributed by atoms with Crippen LogP contribution in [-0.4, -0.2) is 62.4 Å². The maximum Gasteiger partial charge on any atom is 0.310 e. The van der Waals surface area contributed by atoms with Gasteiger partial charge in [-0.05, 0) is 38.5 Å². The van der Waals surface area contributed by atoms with Gasteiger partial charge in [0.25, 0.3) is 5.91 Å². The monoisotopic (exact) mass is 443 g/mol. The van der Waals surface area contributed by atoms with Crippen molar-refractivity contribution in [1.29, 1.82) is 0 Å². The number of esters is 1. The van der Waals surface area contributed by atoms with Crippen molar-refractivity contribution in [2.75, 3.05) is 39.5 Å². The van der Waals surface area contributed by atoms with Gasteiger partial charge in [-0.2, -0.15) is 0 Å². The number of carbonyl (C=O) groups excluding carboxylic acids is 2. The van der Waals surface area contributed by atoms with Crippen LogP contribution in [0.25, 0.3) is 0 Å². The molecule has 1 atom stereocenters. The Morgan fingerprint density at radius 3 is 2.52 bits per heavy atom. The van der Waals surface area contributed by atoms with E-state index in [2.05, 4.69) is 15.9 Å². The number of hydrogen-bond acceptors (Lipinski definition) is 6. The average Bonchev–Trinajstić information content (AvgIpc) is 2.63. The van der Waals surface area contributed by atoms with Gasteiger partial charge in [0.1, 0.15) is 0 Å². The standard InChI is InChI=1S/C19H26BrNO6/c1-4-24-16-8-14(15(20)10-17(16)25-5-2)9-19(23)27-12-18(22)21-6-7-26-13(3)11-21/h8,10,13H,4-7,9,11-12H2,1-3H3. The zero-order chi connectivity index (χ0) is 19.8. The molecule has 1 aliphatic rings. The Balaban J connectivity index is 1.94. The van der Waals surface area contributed by atoms with E-state index in [1.54, 1.807) is 17.0 Å². The van der Waals surface area contributed by atoms with E-state index in [1.165, 1.54) is 0 Å². The molecule has 1 fully saturated rings. The third kappa shape index (κ3) is 6.39. The van der Waals surface area contributed by atoms with Crippen LogP contribution in [-0.2, 0) is 25.5 Å². The molecule has 1 heterocycles. The molecule has 1 aromatic carbocycles. The van der Waals surface area contributed by atoms with Crippen LogP contribution >= 0.6 is 15.9 Å². The fourth-order valence-electron chi connectivity index (χ4n) is 2.73. The summed E-state index contributed by atoms with van der Waals surface area (Å²) in [4.78, 5) is 26.0. The molecule has 1 aliphatic heterocycles. The average molecular weight is 444 g/mol. The third-order valence-corrected chi connectivity index (χ3v) is 4.74. The Bertz CT molecular complexity index is 666. The van der Waals surface area contributed by atoms with Crippen LogP contribution in [0.15, 0.2) is 16.6 Å². The summed E-state index contributed by atoms with van der Waals surface area (Å²) in [5, 5.41) is 0. The van der Waals surface area contributed by atoms with E-state index in [-0.39, 0.29) is 25.0 Å². The summed E-state index contributed by atoms with van der Waals surface area (Å²) >= 11 is 3.45. The van der Waals surface area contributed by atoms with Gasteiger partial charge in [0.05, 0.1) is 32.3 Å². The van der Waals surface area contributed by atoms with E-state index in [0.29, 0.717) is 50.0 Å². The number of nitrogens with zero attached hydrogens (tertiary/aromatic N) is 1. The number of carbonyl (C=O) groups is 2. The first-order valence-electron chi connectivity index (χ1n) is 9.07. The van der Waals surface area contributed by atoms with Crippen LogP contribution in [0.4, 0.5) is 0 Å². The van der Waals surface area contributed by atoms with Gasteiger partial charge in [-0.15, -0.1) is 0 Å². The third-order valence-electron chi connectivity index (χ3n) is 4.00. The van der Waals surface area contributed by atoms with E-state index in [0.717, 1.165) is 4.47 Å². The van der Waals surface area contributed by atoms with Gasteiger partial charge in [-0.3, -0.25) is 9.59 Å². The zero-order valence-corrected chi connectivity index (χ0v) is 17.5. The first kappa shape index (κ1) is 21.5. The maximum absolute atomic E-state index is 12.2. The molecule has 0 N–H and O–H groups in total. The van der Waals surface area contributed by atoms with Crippen LogP contribution < -0.4 is 9.47 Å². The number of hydrogen-bond donors (Lipinski definition) is 0. The summed E-state index contributed by atoms with van der Waals surface area (Å²) in [5.74, 6) is 0.500. The number of ether oxygens (including phenoxy) is 4. The highest BCUT2D eigenvalue weighted by Gasteiger charge is 2.22. The van der Waals surface area contributed by atoms with E-state index >= 15 is 0 Å². The molecule has 1 saturated heterocycles. The number of halogens is 1. The van der Waals surface area contributed by atoms with Gasteiger partial charge >= 0.3 is 5.97 Å². The van der Waals surface area contributed by atoms with Gasteiger partial charge in [-0.1, -0.05) is 15.9 Å². The molecule has 7 nitrogen and oxygen atoms in total. The molecule has 0 spiro atoms. The fraction of sp³-hybridized carbons (Fsp3) is 0.579. The molecule has 0 bridgehead atoms. The molecular weight excluding hydrogens is 418 g/mol. The van der Waals surface area contributed by atoms with Crippen LogP contribution in [0.2, 0.25) is 0 Å². The van der Waals surface area contributed by atoms with Crippen molar-refractivity contribution in [1.82, 2.24) is 4.90 Å². The van der Waals surface area contributed by atoms with Crippen molar-refractivity contribution in [3.8, 4) is 11.5 Å². The summed E-state index contributed by atoms with van der Waals surface area (Å²) in [6.07, 6.45) is 0.0232. The highest BCUT2D eigenvalue weighted by molar-refractivity contribution is 9.10. The van der Waals surface area contributed by atoms with Crippen molar-refractivity contribution >= 4 is 27.8 Å². The number of benzene rings is 1. The van der Waals surface area contributed by atoms with E-state index in [1.807, 2.05) is 20.8 Å². The summed E-state index contributed by atoms with van der Waals surface area (Å²) in [6, 6.07) is 3.53. The highest BCUT2D eigenvalue weighted by atomic mass is 79.9. The van der Waals surface area contributed by atoms with Crippen molar-refractivity contribution in [2.45, 2.75) is 33.3 Å². The van der Waals surface area contributed by atoms with Crippen molar-refractivity contribution < 1.29 is 28.5 Å². The summed E-state index contributed by atoms with van der Waals surface area (Å²) in [7, 11) is 0. The maximum atomic E-state index is 12.2. The van der Waals surface area contributed by atoms with Crippen LogP contribution in [0.3, 0.4) is 0 Å². The smallest absolute Gasteiger partial charge is 0.310 e. The molecular formula is C19H26BrNO6. The molecule has 1 unspecified atom stereocenters. The minimum absolute atomic E-state index is 0.00445. The summed E-state index contributed by atoms with van der Waals surface area (Å²) in [6.45, 7) is 7.93. The van der Waals surface area contributed by atoms with E-state index in [9.17, 15) is 9.59 Å². The Hall–Kier alpha value is -1.80. The normalized spacial score (nSPS) is 16.7. The largest absolute Gasteiger partial charge is 0.490 e. The number of amides is 1. The van der Waals surface area contributed by atoms with Gasteiger partial charge in [0.15, 0.2) is 18.1 Å². The fourth-order valence-corrected chi connectivity index (χ4v) is 3.20. The molecule has 0 aliphatic carbocycles. The van der Waals surface area contributed by atoms with Gasteiger partial charge in [0.2, 0.25) is 0 Å². The predicted molar refractivity (Wildman–Crippen MR) is 103 cm³/mol. The van der Waals surface area contributed by atoms with Crippen LogP contribution in [0.1, 0.15) is 26.3 Å². The zero-order valence-electron chi connectivity index (χ0n) is 16.0. The number of morpholine rings is 1. The molecule has 1 amide bonds. The number of rotatable bonds is 8. The van der Waals surface area contributed by atoms with Crippen molar-refractivity contribution in [3.05, 3.63) is 22.2 Å². The molecule has 150 valence electrons. The lowest BCUT2D eigenvalue weighted by molar-refractivity contribution is -0.154. The molecule has 27 heavy (non-hydrogen) atoms. The first-order chi connectivity index (χ1) is 12.9. The van der Waals surface area contributed by atoms with Crippen LogP contribution in [0.5, 0.6) is 11.5 Å². The Morgan fingerprint density at radius 1 is 1.22 bits per heavy atom. The second kappa shape index (κ2) is 10.5. The highest BCUT2D eigenvalue weighted by Crippen LogP contribution is 2.34. The summed E-state index contributed by atoms with van der Waals surface area (Å²) in [5.41, 5.74) is 0.708. The van der Waals surface area contributed by atoms with Gasteiger partial charge in [0, 0.05) is 17.6 Å². The topological polar surface area (TPSA) is 74.3 Å². The molecule has 0 radical (unpaired) electrons. The lowest BCUT2D eigenvalue weighted by Crippen LogP contribution is -2.46. The summed E-state index contributed by atoms with van der Waals surface area (Å²) < 4.78 is 22.4. The Labute approximate surface area is 168 Å². The molecule has 8 heteroatoms. The molecule has 1 aromatic rings. The molecule has 0 aromatic heterocycles. The lowest BCUT2D eigenvalue weighted by Gasteiger charge is -2.30. The molecule has 0 saturated carbocycles. The van der Waals surface area contributed by atoms with Gasteiger partial charge in [-0.25, -0.2) is 0 Å². The first-order valence-corrected chi connectivity index (χ1v) is 9.86. The predicted octanol–water partition coefficient (Wildman–Crippen LogP) is 2.58. The van der Waals surface area contributed by atoms with E-state index < -0.39 is 5.97 Å². The van der Waals surface area contributed by atoms with Crippen LogP contribution in [0, 0.1) is 0 Å².